The molecule has 342 valence electrons. The molecule has 0 saturated carbocycles. The Morgan fingerprint density at radius 3 is 1.05 bits per heavy atom. The fraction of sp³-hybridized carbons (Fsp3) is 0.764. The number of allylic oxidation sites excluding steroid dienone is 10. The minimum Gasteiger partial charge on any atom is -0.394 e. The van der Waals surface area contributed by atoms with Crippen molar-refractivity contribution < 1.29 is 15.0 Å². The third kappa shape index (κ3) is 46.7. The predicted octanol–water partition coefficient (Wildman–Crippen LogP) is 16.6. The molecular weight excluding hydrogens is 723 g/mol. The molecule has 0 aromatic rings. The number of hydrogen-bond donors (Lipinski definition) is 3. The van der Waals surface area contributed by atoms with Gasteiger partial charge in [-0.1, -0.05) is 273 Å². The van der Waals surface area contributed by atoms with Crippen molar-refractivity contribution in [2.45, 2.75) is 264 Å². The van der Waals surface area contributed by atoms with Gasteiger partial charge in [-0.3, -0.25) is 4.79 Å². The molecule has 59 heavy (non-hydrogen) atoms. The van der Waals surface area contributed by atoms with Crippen LogP contribution in [0.15, 0.2) is 72.9 Å². The lowest BCUT2D eigenvalue weighted by Gasteiger charge is -2.19. The first-order valence-corrected chi connectivity index (χ1v) is 25.7. The normalized spacial score (nSPS) is 13.5. The van der Waals surface area contributed by atoms with E-state index in [-0.39, 0.29) is 18.9 Å². The maximum atomic E-state index is 12.3. The van der Waals surface area contributed by atoms with Crippen LogP contribution in [0.25, 0.3) is 0 Å². The summed E-state index contributed by atoms with van der Waals surface area (Å²) in [5, 5.41) is 23.0. The van der Waals surface area contributed by atoms with Crippen molar-refractivity contribution in [1.29, 1.82) is 0 Å². The van der Waals surface area contributed by atoms with Gasteiger partial charge in [-0.25, -0.2) is 0 Å². The smallest absolute Gasteiger partial charge is 0.224 e. The SMILES string of the molecule is CC/C=C\C/C=C\C/C=C\C/C=C\C/C=C\CC(=O)NC(CO)C(O)/C=C/CCCCCCCCCCCCCCCCCCCCCCCCCCCCCCCC. The largest absolute Gasteiger partial charge is 0.394 e. The average Bonchev–Trinajstić information content (AvgIpc) is 3.24. The van der Waals surface area contributed by atoms with Gasteiger partial charge in [-0.2, -0.15) is 0 Å². The summed E-state index contributed by atoms with van der Waals surface area (Å²) in [5.74, 6) is -0.191. The zero-order valence-electron chi connectivity index (χ0n) is 39.3. The Morgan fingerprint density at radius 2 is 0.729 bits per heavy atom. The molecule has 3 N–H and O–H groups in total. The molecule has 4 nitrogen and oxygen atoms in total. The number of unbranched alkanes of at least 4 members (excludes halogenated alkanes) is 30. The van der Waals surface area contributed by atoms with Crippen molar-refractivity contribution in [2.24, 2.45) is 0 Å². The Morgan fingerprint density at radius 1 is 0.424 bits per heavy atom. The van der Waals surface area contributed by atoms with E-state index in [1.165, 1.54) is 186 Å². The molecular formula is C55H99NO3. The number of hydrogen-bond acceptors (Lipinski definition) is 3. The molecule has 0 aromatic carbocycles. The van der Waals surface area contributed by atoms with E-state index >= 15 is 0 Å². The Bertz CT molecular complexity index is 1020. The molecule has 0 radical (unpaired) electrons. The van der Waals surface area contributed by atoms with E-state index in [0.29, 0.717) is 0 Å². The Kier molecular flexibility index (Phi) is 48.3. The van der Waals surface area contributed by atoms with Crippen LogP contribution in [0, 0.1) is 0 Å². The zero-order chi connectivity index (χ0) is 42.8. The third-order valence-electron chi connectivity index (χ3n) is 11.5. The maximum absolute atomic E-state index is 12.3. The van der Waals surface area contributed by atoms with Crippen LogP contribution < -0.4 is 5.32 Å². The number of amides is 1. The standard InChI is InChI=1S/C55H99NO3/c1-3-5-7-9-11-13-15-17-19-20-21-22-23-24-25-26-27-28-29-30-31-32-33-34-35-37-38-40-42-44-46-48-50-54(58)53(52-57)56-55(59)51-49-47-45-43-41-39-36-18-16-14-12-10-8-6-4-2/h6,8,12,14,18,36,41,43,47-50,53-54,57-58H,3-5,7,9-11,13,15-17,19-35,37-40,42,44-46,51-52H2,1-2H3,(H,56,59)/b8-6-,14-12-,36-18-,43-41-,49-47-,50-48+. The molecule has 1 amide bonds. The molecule has 0 heterocycles. The zero-order valence-corrected chi connectivity index (χ0v) is 39.3. The second kappa shape index (κ2) is 50.2. The highest BCUT2D eigenvalue weighted by atomic mass is 16.3. The summed E-state index contributed by atoms with van der Waals surface area (Å²) in [4.78, 5) is 12.3. The number of aliphatic hydroxyl groups excluding tert-OH is 2. The van der Waals surface area contributed by atoms with Gasteiger partial charge in [-0.05, 0) is 44.9 Å². The van der Waals surface area contributed by atoms with Crippen molar-refractivity contribution in [3.05, 3.63) is 72.9 Å². The molecule has 2 unspecified atom stereocenters. The van der Waals surface area contributed by atoms with Crippen LogP contribution in [0.1, 0.15) is 251 Å². The Hall–Kier alpha value is -2.17. The minimum absolute atomic E-state index is 0.191. The molecule has 0 spiro atoms. The number of carbonyl (C=O) groups is 1. The molecule has 0 saturated heterocycles. The molecule has 4 heteroatoms. The fourth-order valence-corrected chi connectivity index (χ4v) is 7.60. The molecule has 0 aliphatic carbocycles. The number of carbonyl (C=O) groups excluding carboxylic acids is 1. The van der Waals surface area contributed by atoms with Crippen molar-refractivity contribution in [3.63, 3.8) is 0 Å². The topological polar surface area (TPSA) is 69.6 Å². The first-order chi connectivity index (χ1) is 29.2. The first kappa shape index (κ1) is 56.8. The fourth-order valence-electron chi connectivity index (χ4n) is 7.60. The summed E-state index contributed by atoms with van der Waals surface area (Å²) in [5.41, 5.74) is 0. The van der Waals surface area contributed by atoms with E-state index in [0.717, 1.165) is 44.9 Å². The average molecular weight is 822 g/mol. The third-order valence-corrected chi connectivity index (χ3v) is 11.5. The van der Waals surface area contributed by atoms with Gasteiger partial charge in [0, 0.05) is 6.42 Å². The summed E-state index contributed by atoms with van der Waals surface area (Å²) in [6.07, 6.45) is 72.3. The lowest BCUT2D eigenvalue weighted by atomic mass is 10.0. The van der Waals surface area contributed by atoms with Crippen LogP contribution in [-0.4, -0.2) is 34.9 Å². The monoisotopic (exact) mass is 822 g/mol. The summed E-state index contributed by atoms with van der Waals surface area (Å²) >= 11 is 0. The van der Waals surface area contributed by atoms with Gasteiger partial charge in [0.05, 0.1) is 18.8 Å². The highest BCUT2D eigenvalue weighted by molar-refractivity contribution is 5.77. The molecule has 0 rings (SSSR count). The Labute approximate surface area is 368 Å². The number of rotatable bonds is 46. The highest BCUT2D eigenvalue weighted by Crippen LogP contribution is 2.17. The van der Waals surface area contributed by atoms with Crippen molar-refractivity contribution in [1.82, 2.24) is 5.32 Å². The molecule has 0 fully saturated rings. The van der Waals surface area contributed by atoms with E-state index in [1.54, 1.807) is 6.08 Å². The predicted molar refractivity (Wildman–Crippen MR) is 262 cm³/mol. The second-order valence-electron chi connectivity index (χ2n) is 17.2. The lowest BCUT2D eigenvalue weighted by Crippen LogP contribution is -2.44. The van der Waals surface area contributed by atoms with Gasteiger partial charge in [0.25, 0.3) is 0 Å². The molecule has 0 aliphatic heterocycles. The van der Waals surface area contributed by atoms with Crippen molar-refractivity contribution in [2.75, 3.05) is 6.61 Å². The van der Waals surface area contributed by atoms with Gasteiger partial charge < -0.3 is 15.5 Å². The van der Waals surface area contributed by atoms with Gasteiger partial charge in [0.1, 0.15) is 0 Å². The molecule has 2 atom stereocenters. The quantitative estimate of drug-likeness (QED) is 0.0423. The molecule has 0 bridgehead atoms. The van der Waals surface area contributed by atoms with E-state index in [9.17, 15) is 15.0 Å². The van der Waals surface area contributed by atoms with E-state index in [4.69, 9.17) is 0 Å². The van der Waals surface area contributed by atoms with Crippen molar-refractivity contribution >= 4 is 5.91 Å². The second-order valence-corrected chi connectivity index (χ2v) is 17.2. The van der Waals surface area contributed by atoms with Crippen molar-refractivity contribution in [3.8, 4) is 0 Å². The maximum Gasteiger partial charge on any atom is 0.224 e. The molecule has 0 aromatic heterocycles. The van der Waals surface area contributed by atoms with Gasteiger partial charge in [-0.15, -0.1) is 0 Å². The van der Waals surface area contributed by atoms with Gasteiger partial charge >= 0.3 is 0 Å². The van der Waals surface area contributed by atoms with Crippen LogP contribution in [0.2, 0.25) is 0 Å². The van der Waals surface area contributed by atoms with E-state index in [2.05, 4.69) is 67.8 Å². The van der Waals surface area contributed by atoms with E-state index < -0.39 is 12.1 Å². The van der Waals surface area contributed by atoms with Crippen LogP contribution in [-0.2, 0) is 4.79 Å². The summed E-state index contributed by atoms with van der Waals surface area (Å²) < 4.78 is 0. The van der Waals surface area contributed by atoms with E-state index in [1.807, 2.05) is 18.2 Å². The minimum atomic E-state index is -0.883. The van der Waals surface area contributed by atoms with Crippen LogP contribution in [0.5, 0.6) is 0 Å². The van der Waals surface area contributed by atoms with Gasteiger partial charge in [0.2, 0.25) is 5.91 Å². The highest BCUT2D eigenvalue weighted by Gasteiger charge is 2.17. The Balaban J connectivity index is 3.53. The van der Waals surface area contributed by atoms with Crippen LogP contribution in [0.3, 0.4) is 0 Å². The summed E-state index contributed by atoms with van der Waals surface area (Å²) in [7, 11) is 0. The van der Waals surface area contributed by atoms with Gasteiger partial charge in [0.15, 0.2) is 0 Å². The van der Waals surface area contributed by atoms with Crippen LogP contribution >= 0.6 is 0 Å². The van der Waals surface area contributed by atoms with Crippen LogP contribution in [0.4, 0.5) is 0 Å². The number of aliphatic hydroxyl groups is 2. The lowest BCUT2D eigenvalue weighted by molar-refractivity contribution is -0.122. The first-order valence-electron chi connectivity index (χ1n) is 25.7. The summed E-state index contributed by atoms with van der Waals surface area (Å²) in [6.45, 7) is 4.16. The summed E-state index contributed by atoms with van der Waals surface area (Å²) in [6, 6.07) is -0.681. The molecule has 0 aliphatic rings. The number of nitrogens with one attached hydrogen (secondary N) is 1.